The average Bonchev–Trinajstić information content (AvgIpc) is 2.87. The monoisotopic (exact) mass is 277 g/mol. The summed E-state index contributed by atoms with van der Waals surface area (Å²) in [5.74, 6) is 0.438. The highest BCUT2D eigenvalue weighted by Gasteiger charge is 2.27. The number of hydrogen-bond donors (Lipinski definition) is 1. The number of hydrogen-bond acceptors (Lipinski definition) is 3. The highest BCUT2D eigenvalue weighted by Crippen LogP contribution is 2.26. The third-order valence-electron chi connectivity index (χ3n) is 3.95. The van der Waals surface area contributed by atoms with Crippen molar-refractivity contribution in [3.8, 4) is 0 Å². The molecule has 1 saturated carbocycles. The number of amides is 1. The van der Waals surface area contributed by atoms with Crippen molar-refractivity contribution in [1.82, 2.24) is 9.58 Å². The Morgan fingerprint density at radius 3 is 2.45 bits per heavy atom. The van der Waals surface area contributed by atoms with Gasteiger partial charge in [0.2, 0.25) is 5.91 Å². The first-order chi connectivity index (χ1) is 9.49. The van der Waals surface area contributed by atoms with Crippen LogP contribution in [-0.4, -0.2) is 41.4 Å². The number of Topliss-reactive ketones (excluding diaryl/α,β-unsaturated/α-hetero) is 1. The van der Waals surface area contributed by atoms with E-state index in [1.165, 1.54) is 0 Å². The minimum atomic E-state index is 0.0546. The number of ketones is 1. The van der Waals surface area contributed by atoms with E-state index < -0.39 is 0 Å². The molecule has 1 N–H and O–H groups in total. The molecular weight excluding hydrogens is 254 g/mol. The van der Waals surface area contributed by atoms with Gasteiger partial charge in [0.05, 0.1) is 0 Å². The van der Waals surface area contributed by atoms with Gasteiger partial charge < -0.3 is 10.3 Å². The molecule has 5 nitrogen and oxygen atoms in total. The largest absolute Gasteiger partial charge is 0.349 e. The van der Waals surface area contributed by atoms with Crippen molar-refractivity contribution < 1.29 is 9.59 Å². The van der Waals surface area contributed by atoms with Gasteiger partial charge in [0.15, 0.2) is 5.78 Å². The highest BCUT2D eigenvalue weighted by atomic mass is 16.2. The van der Waals surface area contributed by atoms with E-state index in [-0.39, 0.29) is 17.6 Å². The van der Waals surface area contributed by atoms with Gasteiger partial charge in [0, 0.05) is 39.2 Å². The average molecular weight is 277 g/mol. The molecule has 0 radical (unpaired) electrons. The van der Waals surface area contributed by atoms with Crippen LogP contribution in [0.4, 0.5) is 0 Å². The summed E-state index contributed by atoms with van der Waals surface area (Å²) >= 11 is 0. The minimum Gasteiger partial charge on any atom is -0.349 e. The fraction of sp³-hybridized carbons (Fsp3) is 0.600. The van der Waals surface area contributed by atoms with E-state index in [4.69, 9.17) is 0 Å². The third kappa shape index (κ3) is 3.21. The van der Waals surface area contributed by atoms with E-state index in [9.17, 15) is 9.59 Å². The normalized spacial score (nSPS) is 22.4. The highest BCUT2D eigenvalue weighted by molar-refractivity contribution is 5.92. The van der Waals surface area contributed by atoms with Crippen LogP contribution < -0.4 is 5.43 Å². The maximum atomic E-state index is 11.9. The fourth-order valence-electron chi connectivity index (χ4n) is 2.81. The standard InChI is InChI=1S/C15H23N3O2/c1-11(19)14-5-4-10-18(14)16-13-8-6-12(7-9-13)15(20)17(2)3/h4-5,10,12-13,16H,6-9H2,1-3H3. The predicted octanol–water partition coefficient (Wildman–Crippen LogP) is 1.88. The summed E-state index contributed by atoms with van der Waals surface area (Å²) in [5.41, 5.74) is 4.05. The Balaban J connectivity index is 1.90. The SMILES string of the molecule is CC(=O)c1cccn1NC1CCC(C(=O)N(C)C)CC1. The Bertz CT molecular complexity index is 485. The molecule has 2 rings (SSSR count). The molecule has 20 heavy (non-hydrogen) atoms. The van der Waals surface area contributed by atoms with Crippen LogP contribution in [0.1, 0.15) is 43.1 Å². The van der Waals surface area contributed by atoms with Crippen LogP contribution >= 0.6 is 0 Å². The Labute approximate surface area is 119 Å². The van der Waals surface area contributed by atoms with Crippen LogP contribution in [0.15, 0.2) is 18.3 Å². The third-order valence-corrected chi connectivity index (χ3v) is 3.95. The van der Waals surface area contributed by atoms with Gasteiger partial charge in [-0.2, -0.15) is 0 Å². The summed E-state index contributed by atoms with van der Waals surface area (Å²) in [4.78, 5) is 25.1. The second kappa shape index (κ2) is 6.11. The van der Waals surface area contributed by atoms with Crippen LogP contribution in [0, 0.1) is 5.92 Å². The molecule has 1 amide bonds. The van der Waals surface area contributed by atoms with Crippen molar-refractivity contribution >= 4 is 11.7 Å². The lowest BCUT2D eigenvalue weighted by molar-refractivity contribution is -0.133. The molecule has 1 aromatic rings. The number of rotatable bonds is 4. The number of aromatic nitrogens is 1. The Hall–Kier alpha value is -1.78. The van der Waals surface area contributed by atoms with Crippen molar-refractivity contribution in [3.63, 3.8) is 0 Å². The predicted molar refractivity (Wildman–Crippen MR) is 78.2 cm³/mol. The summed E-state index contributed by atoms with van der Waals surface area (Å²) in [6, 6.07) is 4.01. The summed E-state index contributed by atoms with van der Waals surface area (Å²) in [6.45, 7) is 1.57. The number of nitrogens with zero attached hydrogens (tertiary/aromatic N) is 2. The van der Waals surface area contributed by atoms with Crippen molar-refractivity contribution in [3.05, 3.63) is 24.0 Å². The van der Waals surface area contributed by atoms with E-state index >= 15 is 0 Å². The zero-order valence-electron chi connectivity index (χ0n) is 12.4. The van der Waals surface area contributed by atoms with Crippen LogP contribution in [0.25, 0.3) is 0 Å². The van der Waals surface area contributed by atoms with Gasteiger partial charge in [-0.1, -0.05) is 0 Å². The van der Waals surface area contributed by atoms with Gasteiger partial charge in [-0.25, -0.2) is 0 Å². The second-order valence-electron chi connectivity index (χ2n) is 5.73. The molecule has 0 aliphatic heterocycles. The summed E-state index contributed by atoms with van der Waals surface area (Å²) in [7, 11) is 3.62. The zero-order valence-corrected chi connectivity index (χ0v) is 12.4. The van der Waals surface area contributed by atoms with Gasteiger partial charge in [-0.3, -0.25) is 14.3 Å². The quantitative estimate of drug-likeness (QED) is 0.855. The maximum Gasteiger partial charge on any atom is 0.225 e. The maximum absolute atomic E-state index is 11.9. The van der Waals surface area contributed by atoms with Gasteiger partial charge in [0.1, 0.15) is 5.69 Å². The topological polar surface area (TPSA) is 54.3 Å². The van der Waals surface area contributed by atoms with E-state index in [0.29, 0.717) is 11.7 Å². The van der Waals surface area contributed by atoms with Crippen molar-refractivity contribution in [2.24, 2.45) is 5.92 Å². The number of carbonyl (C=O) groups excluding carboxylic acids is 2. The van der Waals surface area contributed by atoms with E-state index in [1.807, 2.05) is 32.4 Å². The molecule has 1 heterocycles. The first kappa shape index (κ1) is 14.6. The lowest BCUT2D eigenvalue weighted by Gasteiger charge is -2.31. The molecule has 1 aliphatic rings. The van der Waals surface area contributed by atoms with Gasteiger partial charge in [-0.15, -0.1) is 0 Å². The van der Waals surface area contributed by atoms with Crippen LogP contribution in [0.3, 0.4) is 0 Å². The number of nitrogens with one attached hydrogen (secondary N) is 1. The molecule has 5 heteroatoms. The molecular formula is C15H23N3O2. The molecule has 1 aromatic heterocycles. The molecule has 0 atom stereocenters. The van der Waals surface area contributed by atoms with Gasteiger partial charge in [0.25, 0.3) is 0 Å². The molecule has 0 aromatic carbocycles. The molecule has 0 spiro atoms. The first-order valence-electron chi connectivity index (χ1n) is 7.15. The molecule has 0 saturated heterocycles. The molecule has 0 unspecified atom stereocenters. The van der Waals surface area contributed by atoms with Crippen molar-refractivity contribution in [2.45, 2.75) is 38.6 Å². The summed E-state index contributed by atoms with van der Waals surface area (Å²) < 4.78 is 1.81. The fourth-order valence-corrected chi connectivity index (χ4v) is 2.81. The van der Waals surface area contributed by atoms with Gasteiger partial charge in [-0.05, 0) is 37.8 Å². The van der Waals surface area contributed by atoms with Crippen LogP contribution in [0.5, 0.6) is 0 Å². The number of carbonyl (C=O) groups is 2. The Kier molecular flexibility index (Phi) is 4.47. The summed E-state index contributed by atoms with van der Waals surface area (Å²) in [6.07, 6.45) is 5.60. The van der Waals surface area contributed by atoms with E-state index in [1.54, 1.807) is 16.5 Å². The summed E-state index contributed by atoms with van der Waals surface area (Å²) in [5, 5.41) is 0. The molecule has 1 fully saturated rings. The smallest absolute Gasteiger partial charge is 0.225 e. The first-order valence-corrected chi connectivity index (χ1v) is 7.15. The van der Waals surface area contributed by atoms with Crippen molar-refractivity contribution in [2.75, 3.05) is 19.5 Å². The van der Waals surface area contributed by atoms with Gasteiger partial charge >= 0.3 is 0 Å². The minimum absolute atomic E-state index is 0.0546. The lowest BCUT2D eigenvalue weighted by Crippen LogP contribution is -2.37. The molecule has 1 aliphatic carbocycles. The zero-order chi connectivity index (χ0) is 14.7. The lowest BCUT2D eigenvalue weighted by atomic mass is 9.85. The van der Waals surface area contributed by atoms with Crippen molar-refractivity contribution in [1.29, 1.82) is 0 Å². The molecule has 0 bridgehead atoms. The van der Waals surface area contributed by atoms with E-state index in [2.05, 4.69) is 5.43 Å². The Morgan fingerprint density at radius 2 is 1.90 bits per heavy atom. The van der Waals surface area contributed by atoms with Crippen LogP contribution in [0.2, 0.25) is 0 Å². The molecule has 110 valence electrons. The van der Waals surface area contributed by atoms with Crippen LogP contribution in [-0.2, 0) is 4.79 Å². The van der Waals surface area contributed by atoms with E-state index in [0.717, 1.165) is 25.7 Å². The second-order valence-corrected chi connectivity index (χ2v) is 5.73. The Morgan fingerprint density at radius 1 is 1.25 bits per heavy atom.